The van der Waals surface area contributed by atoms with Gasteiger partial charge in [0.1, 0.15) is 0 Å². The fourth-order valence-corrected chi connectivity index (χ4v) is 2.04. The van der Waals surface area contributed by atoms with Crippen LogP contribution in [0.25, 0.3) is 0 Å². The van der Waals surface area contributed by atoms with Gasteiger partial charge in [-0.2, -0.15) is 5.26 Å². The van der Waals surface area contributed by atoms with Gasteiger partial charge in [-0.1, -0.05) is 0 Å². The van der Waals surface area contributed by atoms with Crippen molar-refractivity contribution in [2.75, 3.05) is 31.5 Å². The Morgan fingerprint density at radius 3 is 2.85 bits per heavy atom. The van der Waals surface area contributed by atoms with Crippen LogP contribution in [0.3, 0.4) is 0 Å². The van der Waals surface area contributed by atoms with E-state index in [4.69, 9.17) is 5.26 Å². The molecular formula is C14H16N4O2. The minimum Gasteiger partial charge on any atom is -0.355 e. The number of benzene rings is 1. The molecule has 0 saturated carbocycles. The molecule has 2 N–H and O–H groups in total. The fraction of sp³-hybridized carbons (Fsp3) is 0.357. The monoisotopic (exact) mass is 272 g/mol. The molecule has 1 aromatic rings. The van der Waals surface area contributed by atoms with Crippen LogP contribution < -0.4 is 10.6 Å². The third-order valence-corrected chi connectivity index (χ3v) is 3.01. The topological polar surface area (TPSA) is 85.2 Å². The Bertz CT molecular complexity index is 533. The Kier molecular flexibility index (Phi) is 4.69. The summed E-state index contributed by atoms with van der Waals surface area (Å²) in [6.07, 6.45) is 0.843. The van der Waals surface area contributed by atoms with E-state index in [1.807, 2.05) is 11.0 Å². The summed E-state index contributed by atoms with van der Waals surface area (Å²) in [6.45, 7) is 1.82. The molecule has 0 radical (unpaired) electrons. The van der Waals surface area contributed by atoms with E-state index in [-0.39, 0.29) is 24.9 Å². The van der Waals surface area contributed by atoms with E-state index in [9.17, 15) is 9.59 Å². The summed E-state index contributed by atoms with van der Waals surface area (Å²) in [5.74, 6) is -0.210. The summed E-state index contributed by atoms with van der Waals surface area (Å²) in [5.41, 5.74) is 1.19. The lowest BCUT2D eigenvalue weighted by atomic mass is 10.2. The Morgan fingerprint density at radius 2 is 2.15 bits per heavy atom. The minimum absolute atomic E-state index is 0.0475. The van der Waals surface area contributed by atoms with Crippen LogP contribution >= 0.6 is 0 Å². The van der Waals surface area contributed by atoms with Gasteiger partial charge in [-0.25, -0.2) is 0 Å². The number of hydrogen-bond acceptors (Lipinski definition) is 4. The molecule has 6 heteroatoms. The van der Waals surface area contributed by atoms with Crippen LogP contribution in [-0.2, 0) is 9.59 Å². The van der Waals surface area contributed by atoms with Gasteiger partial charge >= 0.3 is 0 Å². The summed E-state index contributed by atoms with van der Waals surface area (Å²) in [5, 5.41) is 14.2. The summed E-state index contributed by atoms with van der Waals surface area (Å²) in [7, 11) is 0. The molecule has 1 aliphatic rings. The van der Waals surface area contributed by atoms with Crippen molar-refractivity contribution in [1.82, 2.24) is 10.2 Å². The van der Waals surface area contributed by atoms with Gasteiger partial charge in [0, 0.05) is 18.8 Å². The van der Waals surface area contributed by atoms with Gasteiger partial charge < -0.3 is 10.6 Å². The van der Waals surface area contributed by atoms with Gasteiger partial charge in [-0.3, -0.25) is 14.5 Å². The molecule has 0 aromatic heterocycles. The lowest BCUT2D eigenvalue weighted by molar-refractivity contribution is -0.122. The summed E-state index contributed by atoms with van der Waals surface area (Å²) in [6, 6.07) is 8.69. The van der Waals surface area contributed by atoms with Crippen molar-refractivity contribution >= 4 is 17.5 Å². The average Bonchev–Trinajstić information content (AvgIpc) is 2.63. The molecule has 1 fully saturated rings. The molecule has 0 bridgehead atoms. The smallest absolute Gasteiger partial charge is 0.238 e. The predicted octanol–water partition coefficient (Wildman–Crippen LogP) is 0.319. The highest BCUT2D eigenvalue weighted by atomic mass is 16.2. The van der Waals surface area contributed by atoms with Crippen molar-refractivity contribution in [2.24, 2.45) is 0 Å². The zero-order chi connectivity index (χ0) is 14.4. The predicted molar refractivity (Wildman–Crippen MR) is 73.9 cm³/mol. The number of carbonyl (C=O) groups excluding carboxylic acids is 2. The van der Waals surface area contributed by atoms with Crippen LogP contribution in [0.15, 0.2) is 24.3 Å². The number of rotatable bonds is 3. The SMILES string of the molecule is N#Cc1ccc(NC(=O)CN2CCCNC(=O)C2)cc1. The van der Waals surface area contributed by atoms with E-state index in [0.29, 0.717) is 17.8 Å². The lowest BCUT2D eigenvalue weighted by Gasteiger charge is -2.17. The number of carbonyl (C=O) groups is 2. The second-order valence-corrected chi connectivity index (χ2v) is 4.65. The van der Waals surface area contributed by atoms with E-state index in [1.165, 1.54) is 0 Å². The Labute approximate surface area is 117 Å². The van der Waals surface area contributed by atoms with Crippen molar-refractivity contribution in [3.63, 3.8) is 0 Å². The van der Waals surface area contributed by atoms with Crippen LogP contribution in [0.4, 0.5) is 5.69 Å². The van der Waals surface area contributed by atoms with Gasteiger partial charge in [0.05, 0.1) is 24.7 Å². The van der Waals surface area contributed by atoms with Crippen molar-refractivity contribution in [1.29, 1.82) is 5.26 Å². The van der Waals surface area contributed by atoms with Gasteiger partial charge in [0.2, 0.25) is 11.8 Å². The molecule has 1 heterocycles. The number of nitrogens with zero attached hydrogens (tertiary/aromatic N) is 2. The highest BCUT2D eigenvalue weighted by Gasteiger charge is 2.17. The Morgan fingerprint density at radius 1 is 1.40 bits per heavy atom. The highest BCUT2D eigenvalue weighted by Crippen LogP contribution is 2.08. The van der Waals surface area contributed by atoms with Gasteiger partial charge in [-0.05, 0) is 30.7 Å². The lowest BCUT2D eigenvalue weighted by Crippen LogP contribution is -2.38. The van der Waals surface area contributed by atoms with Gasteiger partial charge in [0.15, 0.2) is 0 Å². The van der Waals surface area contributed by atoms with Crippen LogP contribution in [0.1, 0.15) is 12.0 Å². The van der Waals surface area contributed by atoms with Crippen molar-refractivity contribution < 1.29 is 9.59 Å². The normalized spacial score (nSPS) is 15.8. The maximum atomic E-state index is 11.9. The molecular weight excluding hydrogens is 256 g/mol. The Balaban J connectivity index is 1.88. The number of anilines is 1. The Hall–Kier alpha value is -2.39. The molecule has 0 spiro atoms. The molecule has 0 atom stereocenters. The van der Waals surface area contributed by atoms with Crippen molar-refractivity contribution in [2.45, 2.75) is 6.42 Å². The standard InChI is InChI=1S/C14H16N4O2/c15-8-11-2-4-12(5-3-11)17-14(20)10-18-7-1-6-16-13(19)9-18/h2-5H,1,6-7,9-10H2,(H,16,19)(H,17,20). The van der Waals surface area contributed by atoms with Gasteiger partial charge in [-0.15, -0.1) is 0 Å². The first-order chi connectivity index (χ1) is 9.67. The second-order valence-electron chi connectivity index (χ2n) is 4.65. The van der Waals surface area contributed by atoms with Crippen molar-refractivity contribution in [3.05, 3.63) is 29.8 Å². The van der Waals surface area contributed by atoms with Crippen LogP contribution in [-0.4, -0.2) is 42.9 Å². The second kappa shape index (κ2) is 6.68. The molecule has 1 aromatic carbocycles. The third kappa shape index (κ3) is 4.07. The zero-order valence-corrected chi connectivity index (χ0v) is 11.1. The van der Waals surface area contributed by atoms with E-state index >= 15 is 0 Å². The van der Waals surface area contributed by atoms with Crippen LogP contribution in [0.5, 0.6) is 0 Å². The largest absolute Gasteiger partial charge is 0.355 e. The van der Waals surface area contributed by atoms with E-state index in [0.717, 1.165) is 13.0 Å². The molecule has 1 saturated heterocycles. The summed E-state index contributed by atoms with van der Waals surface area (Å²) >= 11 is 0. The van der Waals surface area contributed by atoms with E-state index < -0.39 is 0 Å². The van der Waals surface area contributed by atoms with Gasteiger partial charge in [0.25, 0.3) is 0 Å². The maximum Gasteiger partial charge on any atom is 0.238 e. The first kappa shape index (κ1) is 14.0. The number of nitriles is 1. The zero-order valence-electron chi connectivity index (χ0n) is 11.1. The minimum atomic E-state index is -0.163. The third-order valence-electron chi connectivity index (χ3n) is 3.01. The number of hydrogen-bond donors (Lipinski definition) is 2. The molecule has 2 amide bonds. The fourth-order valence-electron chi connectivity index (χ4n) is 2.04. The maximum absolute atomic E-state index is 11.9. The van der Waals surface area contributed by atoms with Crippen molar-refractivity contribution in [3.8, 4) is 6.07 Å². The first-order valence-corrected chi connectivity index (χ1v) is 6.46. The molecule has 2 rings (SSSR count). The molecule has 0 unspecified atom stereocenters. The highest BCUT2D eigenvalue weighted by molar-refractivity contribution is 5.92. The van der Waals surface area contributed by atoms with Crippen LogP contribution in [0, 0.1) is 11.3 Å². The molecule has 6 nitrogen and oxygen atoms in total. The average molecular weight is 272 g/mol. The summed E-state index contributed by atoms with van der Waals surface area (Å²) in [4.78, 5) is 25.1. The quantitative estimate of drug-likeness (QED) is 0.829. The molecule has 0 aliphatic carbocycles. The van der Waals surface area contributed by atoms with Crippen LogP contribution in [0.2, 0.25) is 0 Å². The summed E-state index contributed by atoms with van der Waals surface area (Å²) < 4.78 is 0. The number of nitrogens with one attached hydrogen (secondary N) is 2. The number of amides is 2. The first-order valence-electron chi connectivity index (χ1n) is 6.46. The van der Waals surface area contributed by atoms with E-state index in [2.05, 4.69) is 10.6 Å². The van der Waals surface area contributed by atoms with E-state index in [1.54, 1.807) is 24.3 Å². The molecule has 20 heavy (non-hydrogen) atoms. The molecule has 104 valence electrons. The molecule has 1 aliphatic heterocycles.